The van der Waals surface area contributed by atoms with Gasteiger partial charge in [0.1, 0.15) is 17.4 Å². The molecule has 0 atom stereocenters. The number of aromatic nitrogens is 2. The average Bonchev–Trinajstić information content (AvgIpc) is 3.12. The largest absolute Gasteiger partial charge is 0.573 e. The number of fused-ring (bicyclic) bond motifs is 1. The van der Waals surface area contributed by atoms with Gasteiger partial charge in [-0.2, -0.15) is 0 Å². The van der Waals surface area contributed by atoms with Gasteiger partial charge in [0.2, 0.25) is 0 Å². The maximum Gasteiger partial charge on any atom is 0.573 e. The van der Waals surface area contributed by atoms with Crippen LogP contribution in [0, 0.1) is 18.8 Å². The predicted molar refractivity (Wildman–Crippen MR) is 207 cm³/mol. The van der Waals surface area contributed by atoms with Crippen molar-refractivity contribution in [1.82, 2.24) is 9.97 Å². The molecular formula is C42H55F3N4O3. The molecule has 0 unspecified atom stereocenters. The molecule has 0 radical (unpaired) electrons. The van der Waals surface area contributed by atoms with Crippen LogP contribution in [0.15, 0.2) is 96.6 Å². The summed E-state index contributed by atoms with van der Waals surface area (Å²) in [5, 5.41) is 3.73. The number of aryl methyl sites for hydroxylation is 1. The van der Waals surface area contributed by atoms with Crippen LogP contribution in [0.4, 0.5) is 24.7 Å². The van der Waals surface area contributed by atoms with Gasteiger partial charge in [0.15, 0.2) is 5.78 Å². The summed E-state index contributed by atoms with van der Waals surface area (Å²) in [5.74, 6) is 2.22. The van der Waals surface area contributed by atoms with E-state index in [9.17, 15) is 22.8 Å². The first kappa shape index (κ1) is 43.4. The smallest absolute Gasteiger partial charge is 0.406 e. The summed E-state index contributed by atoms with van der Waals surface area (Å²) < 4.78 is 40.9. The molecule has 282 valence electrons. The fourth-order valence-electron chi connectivity index (χ4n) is 6.01. The summed E-state index contributed by atoms with van der Waals surface area (Å²) in [7, 11) is 3.99. The summed E-state index contributed by atoms with van der Waals surface area (Å²) >= 11 is 0. The molecule has 10 heteroatoms. The van der Waals surface area contributed by atoms with Crippen molar-refractivity contribution < 1.29 is 27.5 Å². The average molecular weight is 721 g/mol. The van der Waals surface area contributed by atoms with Gasteiger partial charge < -0.3 is 15.0 Å². The number of nitrogens with zero attached hydrogens (tertiary/aromatic N) is 3. The van der Waals surface area contributed by atoms with Crippen LogP contribution in [-0.4, -0.2) is 42.1 Å². The van der Waals surface area contributed by atoms with Crippen LogP contribution < -0.4 is 15.0 Å². The lowest BCUT2D eigenvalue weighted by atomic mass is 9.78. The van der Waals surface area contributed by atoms with Crippen LogP contribution >= 0.6 is 0 Å². The number of allylic oxidation sites excluding steroid dienone is 4. The van der Waals surface area contributed by atoms with Crippen molar-refractivity contribution in [1.29, 1.82) is 0 Å². The van der Waals surface area contributed by atoms with E-state index >= 15 is 0 Å². The third kappa shape index (κ3) is 14.1. The molecule has 1 aromatic heterocycles. The molecule has 0 spiro atoms. The molecule has 0 bridgehead atoms. The number of anilines is 2. The second kappa shape index (κ2) is 21.6. The zero-order valence-corrected chi connectivity index (χ0v) is 31.8. The molecule has 2 aromatic carbocycles. The number of ether oxygens (including phenoxy) is 1. The number of benzene rings is 2. The fourth-order valence-corrected chi connectivity index (χ4v) is 6.01. The second-order valence-electron chi connectivity index (χ2n) is 12.7. The summed E-state index contributed by atoms with van der Waals surface area (Å²) in [5.41, 5.74) is 2.55. The highest BCUT2D eigenvalue weighted by Gasteiger charge is 2.31. The summed E-state index contributed by atoms with van der Waals surface area (Å²) in [6.45, 7) is 17.6. The van der Waals surface area contributed by atoms with Crippen molar-refractivity contribution >= 4 is 34.1 Å². The lowest BCUT2D eigenvalue weighted by Gasteiger charge is -2.27. The number of ketones is 1. The van der Waals surface area contributed by atoms with Crippen LogP contribution in [0.5, 0.6) is 5.75 Å². The monoisotopic (exact) mass is 720 g/mol. The number of amides is 1. The van der Waals surface area contributed by atoms with Crippen LogP contribution in [0.3, 0.4) is 0 Å². The molecule has 52 heavy (non-hydrogen) atoms. The van der Waals surface area contributed by atoms with Gasteiger partial charge in [0.05, 0.1) is 5.52 Å². The molecule has 0 aliphatic heterocycles. The Morgan fingerprint density at radius 1 is 1.00 bits per heavy atom. The topological polar surface area (TPSA) is 84.4 Å². The van der Waals surface area contributed by atoms with Crippen LogP contribution in [-0.2, 0) is 9.59 Å². The molecule has 1 fully saturated rings. The molecule has 0 saturated heterocycles. The molecule has 4 rings (SSSR count). The molecule has 1 aliphatic carbocycles. The molecule has 1 amide bonds. The highest BCUT2D eigenvalue weighted by molar-refractivity contribution is 6.08. The van der Waals surface area contributed by atoms with E-state index in [0.717, 1.165) is 47.0 Å². The molecule has 1 aliphatic rings. The van der Waals surface area contributed by atoms with Crippen molar-refractivity contribution in [2.24, 2.45) is 11.8 Å². The molecule has 1 saturated carbocycles. The van der Waals surface area contributed by atoms with Gasteiger partial charge in [-0.15, -0.1) is 13.2 Å². The summed E-state index contributed by atoms with van der Waals surface area (Å²) in [6.07, 6.45) is 7.75. The number of carbonyl (C=O) groups is 2. The second-order valence-corrected chi connectivity index (χ2v) is 12.7. The number of para-hydroxylation sites is 1. The predicted octanol–water partition coefficient (Wildman–Crippen LogP) is 11.1. The number of alkyl halides is 3. The zero-order valence-electron chi connectivity index (χ0n) is 31.8. The number of rotatable bonds is 13. The maximum absolute atomic E-state index is 12.9. The summed E-state index contributed by atoms with van der Waals surface area (Å²) in [6, 6.07) is 12.9. The third-order valence-corrected chi connectivity index (χ3v) is 8.77. The van der Waals surface area contributed by atoms with Crippen LogP contribution in [0.1, 0.15) is 84.9 Å². The van der Waals surface area contributed by atoms with E-state index in [-0.39, 0.29) is 23.5 Å². The van der Waals surface area contributed by atoms with Crippen molar-refractivity contribution in [3.05, 3.63) is 102 Å². The first-order valence-electron chi connectivity index (χ1n) is 18.0. The van der Waals surface area contributed by atoms with E-state index < -0.39 is 18.0 Å². The van der Waals surface area contributed by atoms with Crippen molar-refractivity contribution in [3.63, 3.8) is 0 Å². The van der Waals surface area contributed by atoms with Crippen LogP contribution in [0.2, 0.25) is 0 Å². The third-order valence-electron chi connectivity index (χ3n) is 8.77. The van der Waals surface area contributed by atoms with Gasteiger partial charge in [-0.25, -0.2) is 9.97 Å². The van der Waals surface area contributed by atoms with Gasteiger partial charge in [0.25, 0.3) is 5.91 Å². The van der Waals surface area contributed by atoms with Gasteiger partial charge in [-0.1, -0.05) is 96.4 Å². The Balaban J connectivity index is 0.000000482. The van der Waals surface area contributed by atoms with Crippen molar-refractivity contribution in [2.75, 3.05) is 24.3 Å². The van der Waals surface area contributed by atoms with E-state index in [1.807, 2.05) is 64.0 Å². The first-order chi connectivity index (χ1) is 24.7. The lowest BCUT2D eigenvalue weighted by Crippen LogP contribution is -2.18. The van der Waals surface area contributed by atoms with E-state index in [2.05, 4.69) is 40.1 Å². The summed E-state index contributed by atoms with van der Waals surface area (Å²) in [4.78, 5) is 36.6. The normalized spacial score (nSPS) is 16.0. The molecular weight excluding hydrogens is 665 g/mol. The number of Topliss-reactive ketones (excluding diaryl/α,β-unsaturated/α-hetero) is 1. The highest BCUT2D eigenvalue weighted by atomic mass is 19.4. The molecule has 1 heterocycles. The molecule has 7 nitrogen and oxygen atoms in total. The van der Waals surface area contributed by atoms with E-state index in [1.54, 1.807) is 19.1 Å². The van der Waals surface area contributed by atoms with Crippen molar-refractivity contribution in [3.8, 4) is 5.75 Å². The van der Waals surface area contributed by atoms with Gasteiger partial charge in [-0.05, 0) is 86.1 Å². The SMILES string of the molecule is C=C/C(C(=O)Nc1ccc(OC(F)(F)F)cc1)=C(\C=C/C)CC(=O)C(=C)CCC1CCC(CC)CC1.CC.Cc1nc(N(C)C)c2ccccc2n1. The first-order valence-corrected chi connectivity index (χ1v) is 18.0. The minimum atomic E-state index is -4.80. The van der Waals surface area contributed by atoms with E-state index in [1.165, 1.54) is 50.3 Å². The number of hydrogen-bond donors (Lipinski definition) is 1. The highest BCUT2D eigenvalue weighted by Crippen LogP contribution is 2.34. The number of hydrogen-bond acceptors (Lipinski definition) is 6. The number of halogens is 3. The van der Waals surface area contributed by atoms with E-state index in [4.69, 9.17) is 0 Å². The quantitative estimate of drug-likeness (QED) is 0.140. The Labute approximate surface area is 307 Å². The molecule has 3 aromatic rings. The Morgan fingerprint density at radius 3 is 2.17 bits per heavy atom. The van der Waals surface area contributed by atoms with Gasteiger partial charge in [0, 0.05) is 37.2 Å². The number of nitrogens with one attached hydrogen (secondary N) is 1. The Kier molecular flexibility index (Phi) is 18.0. The standard InChI is InChI=1S/C29H36F3NO3.C11H13N3.C2H6/c1-5-8-23(19-27(34)20(4)9-10-22-13-11-21(6-2)12-14-22)26(7-3)28(35)33-24-15-17-25(18-16-24)36-29(30,31)32;1-8-12-10-7-5-4-6-9(10)11(13-8)14(2)3;1-2/h5,7-8,15-18,21-22H,3-4,6,9-14,19H2,1-2H3,(H,33,35);4-7H,1-3H3;1-2H3/b8-5-,26-23-;;. The minimum Gasteiger partial charge on any atom is -0.406 e. The molecule has 1 N–H and O–H groups in total. The van der Waals surface area contributed by atoms with Gasteiger partial charge >= 0.3 is 6.36 Å². The van der Waals surface area contributed by atoms with Gasteiger partial charge in [-0.3, -0.25) is 9.59 Å². The Bertz CT molecular complexity index is 1690. The lowest BCUT2D eigenvalue weighted by molar-refractivity contribution is -0.274. The van der Waals surface area contributed by atoms with Crippen LogP contribution in [0.25, 0.3) is 10.9 Å². The van der Waals surface area contributed by atoms with E-state index in [0.29, 0.717) is 23.5 Å². The Hall–Kier alpha value is -4.73. The zero-order chi connectivity index (χ0) is 38.8. The number of carbonyl (C=O) groups excluding carboxylic acids is 2. The fraction of sp³-hybridized carbons (Fsp3) is 0.429. The Morgan fingerprint density at radius 2 is 1.62 bits per heavy atom. The van der Waals surface area contributed by atoms with Crippen molar-refractivity contribution in [2.45, 2.75) is 92.3 Å². The maximum atomic E-state index is 12.9. The minimum absolute atomic E-state index is 0.0128.